The van der Waals surface area contributed by atoms with Crippen LogP contribution in [0.3, 0.4) is 0 Å². The van der Waals surface area contributed by atoms with Crippen LogP contribution in [0.5, 0.6) is 0 Å². The Balaban J connectivity index is 1.65. The fourth-order valence-corrected chi connectivity index (χ4v) is 4.41. The quantitative estimate of drug-likeness (QED) is 0.740. The van der Waals surface area contributed by atoms with Gasteiger partial charge in [0.25, 0.3) is 5.91 Å². The van der Waals surface area contributed by atoms with Gasteiger partial charge in [-0.2, -0.15) is 5.26 Å². The van der Waals surface area contributed by atoms with Crippen molar-refractivity contribution in [3.8, 4) is 6.07 Å². The third-order valence-corrected chi connectivity index (χ3v) is 5.73. The Morgan fingerprint density at radius 2 is 1.90 bits per heavy atom. The molecule has 1 aromatic carbocycles. The molecule has 30 heavy (non-hydrogen) atoms. The van der Waals surface area contributed by atoms with E-state index in [0.717, 1.165) is 22.3 Å². The summed E-state index contributed by atoms with van der Waals surface area (Å²) in [6, 6.07) is 7.26. The van der Waals surface area contributed by atoms with Crippen LogP contribution in [0.2, 0.25) is 5.02 Å². The van der Waals surface area contributed by atoms with Crippen molar-refractivity contribution in [2.24, 2.45) is 5.92 Å². The number of carbonyl (C=O) groups is 3. The summed E-state index contributed by atoms with van der Waals surface area (Å²) in [6.07, 6.45) is 1.82. The number of benzene rings is 1. The van der Waals surface area contributed by atoms with E-state index < -0.39 is 17.7 Å². The Hall–Kier alpha value is -3.04. The number of amides is 1. The lowest BCUT2D eigenvalue weighted by Crippen LogP contribution is -2.28. The van der Waals surface area contributed by atoms with Crippen LogP contribution in [-0.4, -0.2) is 29.0 Å². The van der Waals surface area contributed by atoms with Gasteiger partial charge in [0.2, 0.25) is 0 Å². The number of rotatable bonds is 5. The normalized spacial score (nSPS) is 18.4. The third kappa shape index (κ3) is 4.27. The van der Waals surface area contributed by atoms with Gasteiger partial charge < -0.3 is 5.32 Å². The van der Waals surface area contributed by atoms with E-state index in [1.807, 2.05) is 39.0 Å². The summed E-state index contributed by atoms with van der Waals surface area (Å²) in [7, 11) is 0. The number of pyridine rings is 1. The van der Waals surface area contributed by atoms with Crippen molar-refractivity contribution in [3.05, 3.63) is 62.9 Å². The van der Waals surface area contributed by atoms with E-state index in [-0.39, 0.29) is 40.8 Å². The minimum Gasteiger partial charge on any atom is -0.351 e. The van der Waals surface area contributed by atoms with Gasteiger partial charge in [0, 0.05) is 25.1 Å². The molecule has 1 saturated carbocycles. The number of nitrogens with one attached hydrogen (secondary N) is 1. The minimum absolute atomic E-state index is 0.0215. The number of halogens is 1. The fraction of sp³-hybridized carbons (Fsp3) is 0.348. The molecule has 1 heterocycles. The summed E-state index contributed by atoms with van der Waals surface area (Å²) >= 11 is 6.01. The fourth-order valence-electron chi connectivity index (χ4n) is 4.16. The van der Waals surface area contributed by atoms with Crippen LogP contribution >= 0.6 is 11.6 Å². The minimum atomic E-state index is -0.721. The molecule has 0 aliphatic heterocycles. The first-order valence-corrected chi connectivity index (χ1v) is 10.1. The Morgan fingerprint density at radius 1 is 1.23 bits per heavy atom. The predicted molar refractivity (Wildman–Crippen MR) is 112 cm³/mol. The molecule has 1 aliphatic rings. The van der Waals surface area contributed by atoms with Crippen molar-refractivity contribution in [1.29, 1.82) is 5.26 Å². The summed E-state index contributed by atoms with van der Waals surface area (Å²) in [5.41, 5.74) is 4.11. The van der Waals surface area contributed by atoms with E-state index >= 15 is 0 Å². The number of nitrogens with zero attached hydrogens (tertiary/aromatic N) is 2. The van der Waals surface area contributed by atoms with Gasteiger partial charge in [-0.1, -0.05) is 29.3 Å². The Labute approximate surface area is 180 Å². The second kappa shape index (κ2) is 8.76. The van der Waals surface area contributed by atoms with Crippen LogP contribution < -0.4 is 5.32 Å². The van der Waals surface area contributed by atoms with Crippen molar-refractivity contribution in [2.75, 3.05) is 6.54 Å². The summed E-state index contributed by atoms with van der Waals surface area (Å²) in [4.78, 5) is 41.8. The van der Waals surface area contributed by atoms with Crippen LogP contribution in [0.25, 0.3) is 0 Å². The van der Waals surface area contributed by atoms with Gasteiger partial charge in [-0.25, -0.2) is 4.98 Å². The average Bonchev–Trinajstić information content (AvgIpc) is 2.95. The van der Waals surface area contributed by atoms with E-state index in [1.54, 1.807) is 0 Å². The van der Waals surface area contributed by atoms with Crippen LogP contribution in [0.15, 0.2) is 24.4 Å². The van der Waals surface area contributed by atoms with Gasteiger partial charge in [-0.3, -0.25) is 14.4 Å². The van der Waals surface area contributed by atoms with Gasteiger partial charge in [0.1, 0.15) is 23.5 Å². The monoisotopic (exact) mass is 423 g/mol. The van der Waals surface area contributed by atoms with Gasteiger partial charge in [0.05, 0.1) is 10.6 Å². The summed E-state index contributed by atoms with van der Waals surface area (Å²) in [6.45, 7) is 6.07. The van der Waals surface area contributed by atoms with E-state index in [0.29, 0.717) is 6.42 Å². The second-order valence-corrected chi connectivity index (χ2v) is 8.13. The molecule has 6 nitrogen and oxygen atoms in total. The second-order valence-electron chi connectivity index (χ2n) is 7.73. The number of aryl methyl sites for hydroxylation is 3. The van der Waals surface area contributed by atoms with Crippen LogP contribution in [0.4, 0.5) is 0 Å². The molecule has 1 aromatic heterocycles. The molecule has 7 heteroatoms. The zero-order chi connectivity index (χ0) is 22.0. The standard InChI is InChI=1S/C23H22ClN3O3/c1-12-6-13(2)19(14(3)7-12)20-18(28)9-16(22(20)29)4-5-26-23(30)21-17(24)8-15(10-25)11-27-21/h6-8,11,16,20H,4-5,9H2,1-3H3,(H,26,30). The van der Waals surface area contributed by atoms with Crippen molar-refractivity contribution in [3.63, 3.8) is 0 Å². The zero-order valence-corrected chi connectivity index (χ0v) is 17.8. The van der Waals surface area contributed by atoms with E-state index in [2.05, 4.69) is 10.3 Å². The van der Waals surface area contributed by atoms with Crippen LogP contribution in [0.1, 0.15) is 57.1 Å². The highest BCUT2D eigenvalue weighted by atomic mass is 35.5. The number of hydrogen-bond donors (Lipinski definition) is 1. The summed E-state index contributed by atoms with van der Waals surface area (Å²) in [5, 5.41) is 11.6. The lowest BCUT2D eigenvalue weighted by Gasteiger charge is -2.16. The highest BCUT2D eigenvalue weighted by Gasteiger charge is 2.42. The smallest absolute Gasteiger partial charge is 0.271 e. The lowest BCUT2D eigenvalue weighted by atomic mass is 9.86. The number of nitriles is 1. The maximum absolute atomic E-state index is 13.0. The van der Waals surface area contributed by atoms with Crippen molar-refractivity contribution in [2.45, 2.75) is 39.5 Å². The number of carbonyl (C=O) groups excluding carboxylic acids is 3. The molecule has 0 bridgehead atoms. The third-order valence-electron chi connectivity index (χ3n) is 5.45. The van der Waals surface area contributed by atoms with E-state index in [9.17, 15) is 14.4 Å². The average molecular weight is 424 g/mol. The topological polar surface area (TPSA) is 99.9 Å². The SMILES string of the molecule is Cc1cc(C)c(C2C(=O)CC(CCNC(=O)c3ncc(C#N)cc3Cl)C2=O)c(C)c1. The Bertz CT molecular complexity index is 1060. The highest BCUT2D eigenvalue weighted by molar-refractivity contribution is 6.33. The molecule has 2 atom stereocenters. The number of hydrogen-bond acceptors (Lipinski definition) is 5. The summed E-state index contributed by atoms with van der Waals surface area (Å²) in [5.74, 6) is -1.78. The Kier molecular flexibility index (Phi) is 6.33. The number of Topliss-reactive ketones (excluding diaryl/α,β-unsaturated/α-hetero) is 2. The number of ketones is 2. The first-order valence-electron chi connectivity index (χ1n) is 9.71. The summed E-state index contributed by atoms with van der Waals surface area (Å²) < 4.78 is 0. The highest BCUT2D eigenvalue weighted by Crippen LogP contribution is 2.37. The lowest BCUT2D eigenvalue weighted by molar-refractivity contribution is -0.124. The first-order chi connectivity index (χ1) is 14.2. The van der Waals surface area contributed by atoms with Gasteiger partial charge in [-0.05, 0) is 49.9 Å². The predicted octanol–water partition coefficient (Wildman–Crippen LogP) is 3.59. The maximum Gasteiger partial charge on any atom is 0.271 e. The molecule has 0 spiro atoms. The molecule has 1 fully saturated rings. The van der Waals surface area contributed by atoms with E-state index in [4.69, 9.17) is 16.9 Å². The van der Waals surface area contributed by atoms with E-state index in [1.165, 1.54) is 12.3 Å². The van der Waals surface area contributed by atoms with Crippen molar-refractivity contribution < 1.29 is 14.4 Å². The molecule has 1 aliphatic carbocycles. The molecule has 0 saturated heterocycles. The Morgan fingerprint density at radius 3 is 2.50 bits per heavy atom. The van der Waals surface area contributed by atoms with Gasteiger partial charge in [-0.15, -0.1) is 0 Å². The van der Waals surface area contributed by atoms with Crippen molar-refractivity contribution >= 4 is 29.1 Å². The first kappa shape index (κ1) is 21.7. The van der Waals surface area contributed by atoms with Crippen molar-refractivity contribution in [1.82, 2.24) is 10.3 Å². The molecule has 2 aromatic rings. The molecule has 3 rings (SSSR count). The molecule has 1 amide bonds. The van der Waals surface area contributed by atoms with Crippen LogP contribution in [-0.2, 0) is 9.59 Å². The maximum atomic E-state index is 13.0. The molecule has 1 N–H and O–H groups in total. The zero-order valence-electron chi connectivity index (χ0n) is 17.1. The molecule has 154 valence electrons. The molecular formula is C23H22ClN3O3. The molecule has 2 unspecified atom stereocenters. The number of aromatic nitrogens is 1. The largest absolute Gasteiger partial charge is 0.351 e. The van der Waals surface area contributed by atoms with Gasteiger partial charge in [0.15, 0.2) is 5.78 Å². The van der Waals surface area contributed by atoms with Gasteiger partial charge >= 0.3 is 0 Å². The van der Waals surface area contributed by atoms with Crippen LogP contribution in [0, 0.1) is 38.0 Å². The molecule has 0 radical (unpaired) electrons. The molecular weight excluding hydrogens is 402 g/mol.